The lowest BCUT2D eigenvalue weighted by Gasteiger charge is -2.19. The van der Waals surface area contributed by atoms with Crippen LogP contribution >= 0.6 is 0 Å². The van der Waals surface area contributed by atoms with Crippen molar-refractivity contribution < 1.29 is 34.8 Å². The third-order valence-electron chi connectivity index (χ3n) is 4.89. The van der Waals surface area contributed by atoms with E-state index in [1.54, 1.807) is 6.92 Å². The molecular formula is C18H27N3O9. The highest BCUT2D eigenvalue weighted by Gasteiger charge is 2.35. The molecule has 0 aliphatic carbocycles. The van der Waals surface area contributed by atoms with E-state index in [1.165, 1.54) is 15.7 Å². The van der Waals surface area contributed by atoms with Crippen LogP contribution in [0.25, 0.3) is 0 Å². The molecule has 1 aliphatic rings. The third kappa shape index (κ3) is 5.98. The molecule has 12 heteroatoms. The Labute approximate surface area is 171 Å². The first-order chi connectivity index (χ1) is 14.1. The van der Waals surface area contributed by atoms with Crippen LogP contribution in [0.4, 0.5) is 0 Å². The molecule has 168 valence electrons. The smallest absolute Gasteiger partial charge is 0.333 e. The SMILES string of the molecule is Cc1cn([C@H]2C[C@H](O)[C@@H](CO)O2)c(=O)n(CCCCN(CC(=O)O)CC(=O)O)c1=O. The van der Waals surface area contributed by atoms with Gasteiger partial charge in [-0.25, -0.2) is 4.79 Å². The second-order valence-electron chi connectivity index (χ2n) is 7.28. The molecule has 0 amide bonds. The number of carboxylic acids is 2. The predicted molar refractivity (Wildman–Crippen MR) is 102 cm³/mol. The Morgan fingerprint density at radius 3 is 2.37 bits per heavy atom. The van der Waals surface area contributed by atoms with Gasteiger partial charge in [-0.2, -0.15) is 0 Å². The minimum absolute atomic E-state index is 0.0615. The number of hydrogen-bond acceptors (Lipinski definition) is 8. The second-order valence-corrected chi connectivity index (χ2v) is 7.28. The van der Waals surface area contributed by atoms with Crippen LogP contribution in [0.2, 0.25) is 0 Å². The third-order valence-corrected chi connectivity index (χ3v) is 4.89. The number of ether oxygens (including phenoxy) is 1. The molecule has 0 bridgehead atoms. The zero-order chi connectivity index (χ0) is 22.4. The van der Waals surface area contributed by atoms with Gasteiger partial charge in [-0.1, -0.05) is 0 Å². The van der Waals surface area contributed by atoms with Crippen molar-refractivity contribution in [3.63, 3.8) is 0 Å². The van der Waals surface area contributed by atoms with Gasteiger partial charge in [0.2, 0.25) is 0 Å². The Balaban J connectivity index is 2.08. The van der Waals surface area contributed by atoms with Gasteiger partial charge in [0.1, 0.15) is 12.3 Å². The van der Waals surface area contributed by atoms with Crippen LogP contribution < -0.4 is 11.2 Å². The number of hydrogen-bond donors (Lipinski definition) is 4. The molecule has 0 aromatic carbocycles. The number of unbranched alkanes of at least 4 members (excludes halogenated alkanes) is 1. The fourth-order valence-corrected chi connectivity index (χ4v) is 3.41. The summed E-state index contributed by atoms with van der Waals surface area (Å²) in [6, 6.07) is 0. The largest absolute Gasteiger partial charge is 0.480 e. The summed E-state index contributed by atoms with van der Waals surface area (Å²) in [6.07, 6.45) is -0.356. The van der Waals surface area contributed by atoms with Gasteiger partial charge in [-0.15, -0.1) is 0 Å². The van der Waals surface area contributed by atoms with Crippen LogP contribution in [0, 0.1) is 6.92 Å². The zero-order valence-electron chi connectivity index (χ0n) is 16.6. The molecule has 12 nitrogen and oxygen atoms in total. The van der Waals surface area contributed by atoms with Crippen molar-refractivity contribution in [2.45, 2.75) is 51.2 Å². The molecule has 0 spiro atoms. The number of aliphatic carboxylic acids is 2. The Bertz CT molecular complexity index is 863. The van der Waals surface area contributed by atoms with Crippen molar-refractivity contribution in [2.75, 3.05) is 26.2 Å². The lowest BCUT2D eigenvalue weighted by molar-refractivity contribution is -0.141. The van der Waals surface area contributed by atoms with Crippen LogP contribution in [0.15, 0.2) is 15.8 Å². The molecule has 30 heavy (non-hydrogen) atoms. The average Bonchev–Trinajstić information content (AvgIpc) is 3.03. The first-order valence-electron chi connectivity index (χ1n) is 9.57. The van der Waals surface area contributed by atoms with Crippen molar-refractivity contribution in [1.29, 1.82) is 0 Å². The summed E-state index contributed by atoms with van der Waals surface area (Å²) < 4.78 is 7.76. The van der Waals surface area contributed by atoms with E-state index in [0.717, 1.165) is 4.57 Å². The molecule has 2 rings (SSSR count). The van der Waals surface area contributed by atoms with E-state index >= 15 is 0 Å². The molecule has 4 N–H and O–H groups in total. The molecular weight excluding hydrogens is 402 g/mol. The molecule has 3 atom stereocenters. The Kier molecular flexibility index (Phi) is 8.29. The van der Waals surface area contributed by atoms with E-state index in [-0.39, 0.29) is 19.5 Å². The van der Waals surface area contributed by atoms with Gasteiger partial charge in [0.05, 0.1) is 25.8 Å². The fraction of sp³-hybridized carbons (Fsp3) is 0.667. The number of aliphatic hydroxyl groups is 2. The monoisotopic (exact) mass is 429 g/mol. The zero-order valence-corrected chi connectivity index (χ0v) is 16.6. The van der Waals surface area contributed by atoms with E-state index in [2.05, 4.69) is 0 Å². The van der Waals surface area contributed by atoms with Gasteiger partial charge in [0.25, 0.3) is 5.56 Å². The molecule has 1 saturated heterocycles. The summed E-state index contributed by atoms with van der Waals surface area (Å²) in [7, 11) is 0. The number of carbonyl (C=O) groups is 2. The lowest BCUT2D eigenvalue weighted by atomic mass is 10.2. The van der Waals surface area contributed by atoms with Crippen LogP contribution in [0.3, 0.4) is 0 Å². The standard InChI is InChI=1S/C18H27N3O9/c1-11-7-21(14-6-12(23)13(10-22)30-14)18(29)20(17(11)28)5-3-2-4-19(8-15(24)25)9-16(26)27/h7,12-14,22-23H,2-6,8-10H2,1H3,(H,24,25)(H,26,27)/t12-,13+,14+/m0/s1. The topological polar surface area (TPSA) is 172 Å². The van der Waals surface area contributed by atoms with E-state index in [4.69, 9.17) is 14.9 Å². The lowest BCUT2D eigenvalue weighted by Crippen LogP contribution is -2.42. The number of aryl methyl sites for hydroxylation is 1. The van der Waals surface area contributed by atoms with E-state index < -0.39 is 61.3 Å². The summed E-state index contributed by atoms with van der Waals surface area (Å²) in [5.74, 6) is -2.29. The van der Waals surface area contributed by atoms with Crippen molar-refractivity contribution in [1.82, 2.24) is 14.0 Å². The van der Waals surface area contributed by atoms with Gasteiger partial charge in [-0.05, 0) is 26.3 Å². The normalized spacial score (nSPS) is 21.3. The van der Waals surface area contributed by atoms with Gasteiger partial charge in [0, 0.05) is 24.7 Å². The minimum Gasteiger partial charge on any atom is -0.480 e. The molecule has 1 aliphatic heterocycles. The van der Waals surface area contributed by atoms with Crippen LogP contribution in [0.1, 0.15) is 31.1 Å². The maximum absolute atomic E-state index is 12.8. The molecule has 1 aromatic heterocycles. The first kappa shape index (κ1) is 23.7. The van der Waals surface area contributed by atoms with Crippen molar-refractivity contribution in [3.8, 4) is 0 Å². The highest BCUT2D eigenvalue weighted by atomic mass is 16.5. The summed E-state index contributed by atoms with van der Waals surface area (Å²) in [5, 5.41) is 36.8. The highest BCUT2D eigenvalue weighted by molar-refractivity contribution is 5.72. The van der Waals surface area contributed by atoms with Gasteiger partial charge in [-0.3, -0.25) is 28.4 Å². The van der Waals surface area contributed by atoms with Gasteiger partial charge >= 0.3 is 17.6 Å². The average molecular weight is 429 g/mol. The minimum atomic E-state index is -1.14. The fourth-order valence-electron chi connectivity index (χ4n) is 3.41. The van der Waals surface area contributed by atoms with Crippen molar-refractivity contribution in [3.05, 3.63) is 32.6 Å². The molecule has 0 saturated carbocycles. The summed E-state index contributed by atoms with van der Waals surface area (Å²) in [6.45, 7) is 0.558. The summed E-state index contributed by atoms with van der Waals surface area (Å²) >= 11 is 0. The molecule has 1 aromatic rings. The molecule has 1 fully saturated rings. The van der Waals surface area contributed by atoms with E-state index in [1.807, 2.05) is 0 Å². The number of rotatable bonds is 11. The predicted octanol–water partition coefficient (Wildman–Crippen LogP) is -1.79. The van der Waals surface area contributed by atoms with Gasteiger partial charge < -0.3 is 25.2 Å². The highest BCUT2D eigenvalue weighted by Crippen LogP contribution is 2.27. The number of nitrogens with zero attached hydrogens (tertiary/aromatic N) is 3. The quantitative estimate of drug-likeness (QED) is 0.294. The number of aliphatic hydroxyl groups excluding tert-OH is 2. The summed E-state index contributed by atoms with van der Waals surface area (Å²) in [5.41, 5.74) is -0.783. The van der Waals surface area contributed by atoms with Crippen LogP contribution in [0.5, 0.6) is 0 Å². The first-order valence-corrected chi connectivity index (χ1v) is 9.57. The Morgan fingerprint density at radius 1 is 1.20 bits per heavy atom. The van der Waals surface area contributed by atoms with Crippen molar-refractivity contribution in [2.24, 2.45) is 0 Å². The van der Waals surface area contributed by atoms with Gasteiger partial charge in [0.15, 0.2) is 0 Å². The maximum atomic E-state index is 12.8. The van der Waals surface area contributed by atoms with E-state index in [0.29, 0.717) is 18.4 Å². The van der Waals surface area contributed by atoms with Crippen LogP contribution in [-0.4, -0.2) is 84.8 Å². The summed E-state index contributed by atoms with van der Waals surface area (Å²) in [4.78, 5) is 48.1. The van der Waals surface area contributed by atoms with Crippen LogP contribution in [-0.2, 0) is 20.9 Å². The number of aromatic nitrogens is 2. The Hall–Kier alpha value is -2.54. The maximum Gasteiger partial charge on any atom is 0.333 e. The Morgan fingerprint density at radius 2 is 1.83 bits per heavy atom. The number of carboxylic acid groups (broad SMARTS) is 2. The van der Waals surface area contributed by atoms with E-state index in [9.17, 15) is 29.4 Å². The molecule has 2 heterocycles. The second kappa shape index (κ2) is 10.5. The van der Waals surface area contributed by atoms with Crippen molar-refractivity contribution >= 4 is 11.9 Å². The molecule has 0 unspecified atom stereocenters. The molecule has 0 radical (unpaired) electrons.